The molecule has 0 heterocycles. The summed E-state index contributed by atoms with van der Waals surface area (Å²) in [7, 11) is -1.19. The number of ketones is 1. The van der Waals surface area contributed by atoms with E-state index in [1.807, 2.05) is 0 Å². The zero-order valence-corrected chi connectivity index (χ0v) is 10.6. The van der Waals surface area contributed by atoms with Crippen LogP contribution < -0.4 is 0 Å². The van der Waals surface area contributed by atoms with Crippen molar-refractivity contribution in [3.05, 3.63) is 35.9 Å². The standard InChI is InChI=1S/C10H12ClO4P/c1-14-16(13,15-2)10(11)9(12)8-6-4-3-5-7-8/h3-7,10H,1-2H3. The van der Waals surface area contributed by atoms with E-state index in [2.05, 4.69) is 9.05 Å². The van der Waals surface area contributed by atoms with E-state index in [1.165, 1.54) is 14.2 Å². The van der Waals surface area contributed by atoms with Crippen molar-refractivity contribution in [1.29, 1.82) is 0 Å². The Balaban J connectivity index is 2.95. The number of hydrogen-bond donors (Lipinski definition) is 0. The van der Waals surface area contributed by atoms with Crippen LogP contribution in [0.25, 0.3) is 0 Å². The maximum Gasteiger partial charge on any atom is 0.355 e. The van der Waals surface area contributed by atoms with E-state index in [0.717, 1.165) is 0 Å². The fraction of sp³-hybridized carbons (Fsp3) is 0.300. The van der Waals surface area contributed by atoms with Gasteiger partial charge in [-0.1, -0.05) is 30.3 Å². The van der Waals surface area contributed by atoms with Gasteiger partial charge in [-0.25, -0.2) is 0 Å². The number of benzene rings is 1. The Bertz CT molecular complexity index is 399. The van der Waals surface area contributed by atoms with E-state index in [0.29, 0.717) is 5.56 Å². The molecule has 6 heteroatoms. The van der Waals surface area contributed by atoms with Gasteiger partial charge in [-0.3, -0.25) is 9.36 Å². The third kappa shape index (κ3) is 2.71. The minimum absolute atomic E-state index is 0.372. The Morgan fingerprint density at radius 1 is 1.25 bits per heavy atom. The molecule has 1 rings (SSSR count). The van der Waals surface area contributed by atoms with Crippen LogP contribution in [0.3, 0.4) is 0 Å². The number of Topliss-reactive ketones (excluding diaryl/α,β-unsaturated/α-hetero) is 1. The molecule has 0 saturated carbocycles. The molecule has 0 saturated heterocycles. The number of alkyl halides is 1. The summed E-state index contributed by atoms with van der Waals surface area (Å²) in [6.45, 7) is 0. The van der Waals surface area contributed by atoms with Crippen molar-refractivity contribution in [1.82, 2.24) is 0 Å². The summed E-state index contributed by atoms with van der Waals surface area (Å²) in [6, 6.07) is 8.34. The van der Waals surface area contributed by atoms with E-state index < -0.39 is 18.5 Å². The van der Waals surface area contributed by atoms with Crippen molar-refractivity contribution >= 4 is 25.0 Å². The van der Waals surface area contributed by atoms with Crippen LogP contribution in [-0.2, 0) is 13.6 Å². The lowest BCUT2D eigenvalue weighted by Crippen LogP contribution is -2.16. The molecule has 16 heavy (non-hydrogen) atoms. The summed E-state index contributed by atoms with van der Waals surface area (Å²) in [5.74, 6) is -0.478. The molecular formula is C10H12ClO4P. The van der Waals surface area contributed by atoms with Crippen LogP contribution in [0, 0.1) is 0 Å². The molecule has 1 atom stereocenters. The van der Waals surface area contributed by atoms with E-state index in [9.17, 15) is 9.36 Å². The number of carbonyl (C=O) groups is 1. The van der Waals surface area contributed by atoms with Crippen LogP contribution in [0.2, 0.25) is 0 Å². The molecule has 0 spiro atoms. The van der Waals surface area contributed by atoms with E-state index >= 15 is 0 Å². The Hall–Kier alpha value is -0.670. The summed E-state index contributed by atoms with van der Waals surface area (Å²) in [5.41, 5.74) is 0.372. The molecule has 0 aliphatic heterocycles. The van der Waals surface area contributed by atoms with Gasteiger partial charge in [-0.2, -0.15) is 0 Å². The van der Waals surface area contributed by atoms with Crippen LogP contribution in [-0.4, -0.2) is 25.1 Å². The van der Waals surface area contributed by atoms with Gasteiger partial charge >= 0.3 is 7.60 Å². The van der Waals surface area contributed by atoms with Crippen molar-refractivity contribution in [3.63, 3.8) is 0 Å². The molecule has 0 N–H and O–H groups in total. The van der Waals surface area contributed by atoms with Gasteiger partial charge in [-0.15, -0.1) is 11.6 Å². The largest absolute Gasteiger partial charge is 0.355 e. The normalized spacial score (nSPS) is 13.4. The Labute approximate surface area is 99.0 Å². The van der Waals surface area contributed by atoms with Crippen LogP contribution in [0.4, 0.5) is 0 Å². The molecular weight excluding hydrogens is 251 g/mol. The SMILES string of the molecule is COP(=O)(OC)C(Cl)C(=O)c1ccccc1. The summed E-state index contributed by atoms with van der Waals surface area (Å²) in [6.07, 6.45) is 0. The minimum Gasteiger partial charge on any atom is -0.311 e. The lowest BCUT2D eigenvalue weighted by Gasteiger charge is -2.17. The highest BCUT2D eigenvalue weighted by Gasteiger charge is 2.38. The molecule has 0 aliphatic carbocycles. The molecule has 0 bridgehead atoms. The third-order valence-electron chi connectivity index (χ3n) is 2.06. The smallest absolute Gasteiger partial charge is 0.311 e. The lowest BCUT2D eigenvalue weighted by molar-refractivity contribution is 0.0996. The third-order valence-corrected chi connectivity index (χ3v) is 4.78. The molecule has 1 aromatic carbocycles. The highest BCUT2D eigenvalue weighted by Crippen LogP contribution is 2.54. The second-order valence-corrected chi connectivity index (χ2v) is 6.04. The average molecular weight is 263 g/mol. The van der Waals surface area contributed by atoms with Crippen LogP contribution >= 0.6 is 19.2 Å². The molecule has 0 amide bonds. The molecule has 0 radical (unpaired) electrons. The summed E-state index contributed by atoms with van der Waals surface area (Å²) < 4.78 is 21.2. The van der Waals surface area contributed by atoms with Crippen molar-refractivity contribution in [2.75, 3.05) is 14.2 Å². The predicted octanol–water partition coefficient (Wildman–Crippen LogP) is 2.92. The van der Waals surface area contributed by atoms with Gasteiger partial charge in [0, 0.05) is 19.8 Å². The first-order valence-corrected chi connectivity index (χ1v) is 6.54. The average Bonchev–Trinajstić information content (AvgIpc) is 2.37. The lowest BCUT2D eigenvalue weighted by atomic mass is 10.1. The van der Waals surface area contributed by atoms with Gasteiger partial charge in [0.1, 0.15) is 0 Å². The van der Waals surface area contributed by atoms with Gasteiger partial charge in [0.2, 0.25) is 0 Å². The van der Waals surface area contributed by atoms with Crippen molar-refractivity contribution in [3.8, 4) is 0 Å². The number of hydrogen-bond acceptors (Lipinski definition) is 4. The molecule has 1 aromatic rings. The van der Waals surface area contributed by atoms with E-state index in [4.69, 9.17) is 11.6 Å². The van der Waals surface area contributed by atoms with Crippen LogP contribution in [0.15, 0.2) is 30.3 Å². The highest BCUT2D eigenvalue weighted by molar-refractivity contribution is 7.57. The monoisotopic (exact) mass is 262 g/mol. The van der Waals surface area contributed by atoms with Crippen molar-refractivity contribution in [2.24, 2.45) is 0 Å². The maximum atomic E-state index is 11.9. The minimum atomic E-state index is -3.58. The Morgan fingerprint density at radius 3 is 2.19 bits per heavy atom. The van der Waals surface area contributed by atoms with Crippen molar-refractivity contribution < 1.29 is 18.4 Å². The number of carbonyl (C=O) groups excluding carboxylic acids is 1. The van der Waals surface area contributed by atoms with Crippen LogP contribution in [0.5, 0.6) is 0 Å². The quantitative estimate of drug-likeness (QED) is 0.465. The first-order chi connectivity index (χ1) is 7.55. The first kappa shape index (κ1) is 13.4. The molecule has 4 nitrogen and oxygen atoms in total. The molecule has 88 valence electrons. The highest BCUT2D eigenvalue weighted by atomic mass is 35.5. The Morgan fingerprint density at radius 2 is 1.75 bits per heavy atom. The molecule has 0 aromatic heterocycles. The summed E-state index contributed by atoms with van der Waals surface area (Å²) >= 11 is 5.81. The molecule has 1 unspecified atom stereocenters. The predicted molar refractivity (Wildman–Crippen MR) is 62.0 cm³/mol. The van der Waals surface area contributed by atoms with Gasteiger partial charge in [0.25, 0.3) is 0 Å². The summed E-state index contributed by atoms with van der Waals surface area (Å²) in [4.78, 5) is 11.8. The van der Waals surface area contributed by atoms with E-state index in [1.54, 1.807) is 30.3 Å². The zero-order chi connectivity index (χ0) is 12.2. The van der Waals surface area contributed by atoms with Crippen LogP contribution in [0.1, 0.15) is 10.4 Å². The first-order valence-electron chi connectivity index (χ1n) is 4.49. The topological polar surface area (TPSA) is 52.6 Å². The fourth-order valence-corrected chi connectivity index (χ4v) is 2.70. The van der Waals surface area contributed by atoms with Gasteiger partial charge in [0.05, 0.1) is 0 Å². The van der Waals surface area contributed by atoms with E-state index in [-0.39, 0.29) is 0 Å². The van der Waals surface area contributed by atoms with Crippen molar-refractivity contribution in [2.45, 2.75) is 5.12 Å². The summed E-state index contributed by atoms with van der Waals surface area (Å²) in [5, 5.41) is -1.33. The Kier molecular flexibility index (Phi) is 4.69. The molecule has 0 aliphatic rings. The maximum absolute atomic E-state index is 11.9. The van der Waals surface area contributed by atoms with Gasteiger partial charge in [0.15, 0.2) is 10.9 Å². The zero-order valence-electron chi connectivity index (χ0n) is 8.92. The molecule has 0 fully saturated rings. The van der Waals surface area contributed by atoms with Gasteiger partial charge in [-0.05, 0) is 0 Å². The van der Waals surface area contributed by atoms with Gasteiger partial charge < -0.3 is 9.05 Å². The second kappa shape index (κ2) is 5.60. The number of halogens is 1. The second-order valence-electron chi connectivity index (χ2n) is 2.97. The fourth-order valence-electron chi connectivity index (χ4n) is 1.14. The number of rotatable bonds is 5.